The van der Waals surface area contributed by atoms with Crippen LogP contribution in [0, 0.1) is 5.92 Å². The Hall–Kier alpha value is -2.90. The third-order valence-corrected chi connectivity index (χ3v) is 6.73. The third kappa shape index (κ3) is 8.04. The van der Waals surface area contributed by atoms with Gasteiger partial charge in [0.25, 0.3) is 5.91 Å². The van der Waals surface area contributed by atoms with Gasteiger partial charge in [0.15, 0.2) is 0 Å². The second-order valence-electron chi connectivity index (χ2n) is 9.01. The molecule has 14 heteroatoms. The van der Waals surface area contributed by atoms with E-state index in [-0.39, 0.29) is 24.8 Å². The first-order valence-corrected chi connectivity index (χ1v) is 12.3. The minimum atomic E-state index is -5.08. The van der Waals surface area contributed by atoms with E-state index >= 15 is 0 Å². The number of hydrogen-bond donors (Lipinski definition) is 3. The van der Waals surface area contributed by atoms with Gasteiger partial charge in [-0.05, 0) is 50.0 Å². The number of nitrogens with zero attached hydrogens (tertiary/aromatic N) is 3. The van der Waals surface area contributed by atoms with Gasteiger partial charge in [0.05, 0.1) is 10.7 Å². The molecule has 10 nitrogen and oxygen atoms in total. The third-order valence-electron chi connectivity index (χ3n) is 6.41. The number of amides is 4. The Morgan fingerprint density at radius 1 is 1.05 bits per heavy atom. The molecule has 4 amide bonds. The van der Waals surface area contributed by atoms with Crippen LogP contribution in [0.2, 0.25) is 5.02 Å². The SMILES string of the molecule is O=C(O)C(F)(F)F.O=C1CCN(c2cc(C(=O)N3CCN(CC4CCNCC4)CC3)ccc2Cl)C(=O)N1. The summed E-state index contributed by atoms with van der Waals surface area (Å²) in [6.45, 7) is 6.71. The molecular weight excluding hydrogens is 519 g/mol. The molecule has 0 aliphatic carbocycles. The van der Waals surface area contributed by atoms with E-state index in [0.717, 1.165) is 38.6 Å². The van der Waals surface area contributed by atoms with Gasteiger partial charge in [-0.25, -0.2) is 9.59 Å². The summed E-state index contributed by atoms with van der Waals surface area (Å²) in [6.07, 6.45) is -2.43. The summed E-state index contributed by atoms with van der Waals surface area (Å²) < 4.78 is 31.7. The van der Waals surface area contributed by atoms with Crippen molar-refractivity contribution < 1.29 is 37.5 Å². The Bertz CT molecular complexity index is 1010. The second kappa shape index (κ2) is 12.6. The van der Waals surface area contributed by atoms with Gasteiger partial charge in [0.2, 0.25) is 5.91 Å². The first-order valence-electron chi connectivity index (χ1n) is 11.9. The van der Waals surface area contributed by atoms with E-state index in [0.29, 0.717) is 29.4 Å². The quantitative estimate of drug-likeness (QED) is 0.528. The standard InChI is InChI=1S/C21H28ClN5O3.C2HF3O2/c22-17-2-1-16(13-18(17)27-8-5-19(28)24-21(27)30)20(29)26-11-9-25(10-12-26)14-15-3-6-23-7-4-15;3-2(4,5)1(6)7/h1-2,13,15,23H,3-12,14H2,(H,24,28,30);(H,6,7). The van der Waals surface area contributed by atoms with Crippen molar-refractivity contribution in [2.24, 2.45) is 5.92 Å². The lowest BCUT2D eigenvalue weighted by atomic mass is 9.97. The topological polar surface area (TPSA) is 122 Å². The molecular formula is C23H29ClF3N5O5. The number of imide groups is 1. The molecule has 1 aromatic carbocycles. The van der Waals surface area contributed by atoms with E-state index < -0.39 is 18.2 Å². The smallest absolute Gasteiger partial charge is 0.475 e. The number of aliphatic carboxylic acids is 1. The van der Waals surface area contributed by atoms with Crippen LogP contribution in [0.15, 0.2) is 18.2 Å². The number of halogens is 4. The van der Waals surface area contributed by atoms with E-state index in [2.05, 4.69) is 15.5 Å². The number of benzene rings is 1. The first-order chi connectivity index (χ1) is 17.5. The predicted molar refractivity (Wildman–Crippen MR) is 129 cm³/mol. The van der Waals surface area contributed by atoms with E-state index in [1.807, 2.05) is 4.90 Å². The van der Waals surface area contributed by atoms with Crippen molar-refractivity contribution in [1.29, 1.82) is 0 Å². The van der Waals surface area contributed by atoms with Crippen LogP contribution in [0.25, 0.3) is 0 Å². The molecule has 3 N–H and O–H groups in total. The number of carboxylic acids is 1. The Morgan fingerprint density at radius 2 is 1.68 bits per heavy atom. The second-order valence-corrected chi connectivity index (χ2v) is 9.42. The van der Waals surface area contributed by atoms with Crippen LogP contribution >= 0.6 is 11.6 Å². The minimum absolute atomic E-state index is 0.0528. The van der Waals surface area contributed by atoms with Crippen molar-refractivity contribution in [3.8, 4) is 0 Å². The summed E-state index contributed by atoms with van der Waals surface area (Å²) in [5.41, 5.74) is 0.961. The van der Waals surface area contributed by atoms with Gasteiger partial charge >= 0.3 is 18.2 Å². The predicted octanol–water partition coefficient (Wildman–Crippen LogP) is 2.18. The lowest BCUT2D eigenvalue weighted by Crippen LogP contribution is -2.50. The molecule has 0 radical (unpaired) electrons. The molecule has 3 fully saturated rings. The van der Waals surface area contributed by atoms with Crippen LogP contribution in [-0.2, 0) is 9.59 Å². The summed E-state index contributed by atoms with van der Waals surface area (Å²) in [4.78, 5) is 51.3. The molecule has 3 aliphatic heterocycles. The number of piperidine rings is 1. The van der Waals surface area contributed by atoms with Crippen molar-refractivity contribution in [3.05, 3.63) is 28.8 Å². The highest BCUT2D eigenvalue weighted by molar-refractivity contribution is 6.34. The average molecular weight is 548 g/mol. The van der Waals surface area contributed by atoms with Gasteiger partial charge in [-0.3, -0.25) is 24.7 Å². The monoisotopic (exact) mass is 547 g/mol. The molecule has 0 atom stereocenters. The van der Waals surface area contributed by atoms with Crippen LogP contribution in [0.4, 0.5) is 23.7 Å². The number of rotatable bonds is 4. The number of urea groups is 1. The van der Waals surface area contributed by atoms with Crippen molar-refractivity contribution in [2.75, 3.05) is 57.3 Å². The van der Waals surface area contributed by atoms with E-state index in [9.17, 15) is 27.6 Å². The van der Waals surface area contributed by atoms with Crippen LogP contribution in [0.5, 0.6) is 0 Å². The normalized spacial score (nSPS) is 19.7. The molecule has 0 aromatic heterocycles. The highest BCUT2D eigenvalue weighted by Gasteiger charge is 2.38. The highest BCUT2D eigenvalue weighted by atomic mass is 35.5. The number of anilines is 1. The largest absolute Gasteiger partial charge is 0.490 e. The zero-order chi connectivity index (χ0) is 27.2. The van der Waals surface area contributed by atoms with Gasteiger partial charge in [-0.2, -0.15) is 13.2 Å². The number of piperazine rings is 1. The van der Waals surface area contributed by atoms with Crippen molar-refractivity contribution in [3.63, 3.8) is 0 Å². The van der Waals surface area contributed by atoms with E-state index in [1.54, 1.807) is 18.2 Å². The molecule has 204 valence electrons. The van der Waals surface area contributed by atoms with Gasteiger partial charge in [0.1, 0.15) is 0 Å². The molecule has 37 heavy (non-hydrogen) atoms. The van der Waals surface area contributed by atoms with Gasteiger partial charge < -0.3 is 15.3 Å². The highest BCUT2D eigenvalue weighted by Crippen LogP contribution is 2.29. The van der Waals surface area contributed by atoms with Crippen LogP contribution in [0.3, 0.4) is 0 Å². The maximum absolute atomic E-state index is 13.1. The zero-order valence-electron chi connectivity index (χ0n) is 20.0. The molecule has 3 heterocycles. The maximum atomic E-state index is 13.1. The number of carboxylic acid groups (broad SMARTS) is 1. The summed E-state index contributed by atoms with van der Waals surface area (Å²) in [7, 11) is 0. The number of carbonyl (C=O) groups is 4. The van der Waals surface area contributed by atoms with Gasteiger partial charge in [-0.1, -0.05) is 11.6 Å². The molecule has 0 unspecified atom stereocenters. The lowest BCUT2D eigenvalue weighted by molar-refractivity contribution is -0.192. The summed E-state index contributed by atoms with van der Waals surface area (Å²) in [6, 6.07) is 4.48. The summed E-state index contributed by atoms with van der Waals surface area (Å²) in [5.74, 6) is -2.37. The molecule has 3 aliphatic rings. The Kier molecular flexibility index (Phi) is 9.74. The molecule has 0 saturated carbocycles. The van der Waals surface area contributed by atoms with Crippen molar-refractivity contribution in [2.45, 2.75) is 25.4 Å². The Balaban J connectivity index is 0.000000479. The van der Waals surface area contributed by atoms with Crippen LogP contribution in [0.1, 0.15) is 29.6 Å². The molecule has 1 aromatic rings. The first kappa shape index (κ1) is 28.7. The van der Waals surface area contributed by atoms with Gasteiger partial charge in [0, 0.05) is 51.3 Å². The average Bonchev–Trinajstić information content (AvgIpc) is 2.85. The Morgan fingerprint density at radius 3 is 2.24 bits per heavy atom. The van der Waals surface area contributed by atoms with Crippen molar-refractivity contribution >= 4 is 41.1 Å². The maximum Gasteiger partial charge on any atom is 0.490 e. The molecule has 0 spiro atoms. The minimum Gasteiger partial charge on any atom is -0.475 e. The van der Waals surface area contributed by atoms with Crippen LogP contribution in [-0.4, -0.2) is 97.3 Å². The number of alkyl halides is 3. The lowest BCUT2D eigenvalue weighted by Gasteiger charge is -2.37. The van der Waals surface area contributed by atoms with E-state index in [1.165, 1.54) is 17.7 Å². The molecule has 4 rings (SSSR count). The van der Waals surface area contributed by atoms with Crippen LogP contribution < -0.4 is 15.5 Å². The summed E-state index contributed by atoms with van der Waals surface area (Å²) in [5, 5.41) is 13.2. The van der Waals surface area contributed by atoms with E-state index in [4.69, 9.17) is 21.5 Å². The zero-order valence-corrected chi connectivity index (χ0v) is 20.8. The fourth-order valence-electron chi connectivity index (χ4n) is 4.39. The molecule has 0 bridgehead atoms. The fraction of sp³-hybridized carbons (Fsp3) is 0.565. The number of carbonyl (C=O) groups excluding carboxylic acids is 3. The Labute approximate surface area is 216 Å². The van der Waals surface area contributed by atoms with Crippen molar-refractivity contribution in [1.82, 2.24) is 20.4 Å². The number of nitrogens with one attached hydrogen (secondary N) is 2. The number of hydrogen-bond acceptors (Lipinski definition) is 6. The van der Waals surface area contributed by atoms with Gasteiger partial charge in [-0.15, -0.1) is 0 Å². The summed E-state index contributed by atoms with van der Waals surface area (Å²) >= 11 is 6.29. The fourth-order valence-corrected chi connectivity index (χ4v) is 4.61. The molecule has 3 saturated heterocycles.